The zero-order valence-corrected chi connectivity index (χ0v) is 11.6. The highest BCUT2D eigenvalue weighted by atomic mass is 16.5. The van der Waals surface area contributed by atoms with Gasteiger partial charge < -0.3 is 14.7 Å². The molecule has 0 spiro atoms. The Bertz CT molecular complexity index is 604. The van der Waals surface area contributed by atoms with Gasteiger partial charge in [0.05, 0.1) is 31.4 Å². The zero-order valence-electron chi connectivity index (χ0n) is 11.6. The first-order chi connectivity index (χ1) is 9.70. The molecule has 0 saturated heterocycles. The fourth-order valence-corrected chi connectivity index (χ4v) is 2.36. The van der Waals surface area contributed by atoms with Crippen LogP contribution in [0.15, 0.2) is 12.5 Å². The predicted octanol–water partition coefficient (Wildman–Crippen LogP) is 1.28. The SMILES string of the molecule is CC(C)n1cncc1-c1nc2c(c(NN)n1)COCC2. The van der Waals surface area contributed by atoms with Gasteiger partial charge in [-0.05, 0) is 13.8 Å². The largest absolute Gasteiger partial charge is 0.376 e. The van der Waals surface area contributed by atoms with Crippen molar-refractivity contribution in [3.63, 3.8) is 0 Å². The van der Waals surface area contributed by atoms with Crippen molar-refractivity contribution in [2.24, 2.45) is 5.84 Å². The third kappa shape index (κ3) is 2.14. The average Bonchev–Trinajstić information content (AvgIpc) is 2.95. The Morgan fingerprint density at radius 1 is 1.40 bits per heavy atom. The van der Waals surface area contributed by atoms with Crippen molar-refractivity contribution < 1.29 is 4.74 Å². The van der Waals surface area contributed by atoms with Gasteiger partial charge in [0.15, 0.2) is 5.82 Å². The molecule has 0 aliphatic carbocycles. The van der Waals surface area contributed by atoms with Crippen molar-refractivity contribution in [3.05, 3.63) is 23.8 Å². The lowest BCUT2D eigenvalue weighted by Crippen LogP contribution is -2.20. The standard InChI is InChI=1S/C13H18N6O/c1-8(2)19-7-15-5-11(19)13-16-10-3-4-20-6-9(10)12(17-13)18-14/h5,7-8H,3-4,6,14H2,1-2H3,(H,16,17,18). The summed E-state index contributed by atoms with van der Waals surface area (Å²) in [5.74, 6) is 6.85. The maximum absolute atomic E-state index is 5.58. The van der Waals surface area contributed by atoms with Crippen LogP contribution in [-0.4, -0.2) is 26.1 Å². The third-order valence-electron chi connectivity index (χ3n) is 3.41. The van der Waals surface area contributed by atoms with Crippen molar-refractivity contribution in [3.8, 4) is 11.5 Å². The smallest absolute Gasteiger partial charge is 0.180 e. The van der Waals surface area contributed by atoms with Crippen LogP contribution in [0, 0.1) is 0 Å². The Balaban J connectivity index is 2.12. The molecule has 7 heteroatoms. The molecule has 0 atom stereocenters. The Hall–Kier alpha value is -1.99. The number of aromatic nitrogens is 4. The predicted molar refractivity (Wildman–Crippen MR) is 74.8 cm³/mol. The molecule has 2 aromatic heterocycles. The number of hydrazine groups is 1. The number of nitrogens with zero attached hydrogens (tertiary/aromatic N) is 4. The summed E-state index contributed by atoms with van der Waals surface area (Å²) in [4.78, 5) is 13.4. The summed E-state index contributed by atoms with van der Waals surface area (Å²) in [5, 5.41) is 0. The average molecular weight is 274 g/mol. The monoisotopic (exact) mass is 274 g/mol. The number of ether oxygens (including phenoxy) is 1. The molecule has 0 fully saturated rings. The van der Waals surface area contributed by atoms with Crippen molar-refractivity contribution >= 4 is 5.82 Å². The van der Waals surface area contributed by atoms with Gasteiger partial charge in [-0.3, -0.25) is 0 Å². The number of anilines is 1. The summed E-state index contributed by atoms with van der Waals surface area (Å²) >= 11 is 0. The van der Waals surface area contributed by atoms with E-state index in [4.69, 9.17) is 10.6 Å². The normalized spacial score (nSPS) is 14.4. The van der Waals surface area contributed by atoms with E-state index in [1.807, 2.05) is 4.57 Å². The van der Waals surface area contributed by atoms with E-state index < -0.39 is 0 Å². The minimum Gasteiger partial charge on any atom is -0.376 e. The highest BCUT2D eigenvalue weighted by Gasteiger charge is 2.20. The molecule has 1 aliphatic heterocycles. The zero-order chi connectivity index (χ0) is 14.1. The lowest BCUT2D eigenvalue weighted by Gasteiger charge is -2.19. The van der Waals surface area contributed by atoms with Crippen molar-refractivity contribution in [2.45, 2.75) is 32.9 Å². The van der Waals surface area contributed by atoms with Crippen LogP contribution in [-0.2, 0) is 17.8 Å². The van der Waals surface area contributed by atoms with Gasteiger partial charge in [-0.1, -0.05) is 0 Å². The molecule has 0 saturated carbocycles. The van der Waals surface area contributed by atoms with Crippen LogP contribution in [0.5, 0.6) is 0 Å². The second-order valence-electron chi connectivity index (χ2n) is 5.05. The molecule has 0 radical (unpaired) electrons. The molecule has 0 aromatic carbocycles. The summed E-state index contributed by atoms with van der Waals surface area (Å²) in [6, 6.07) is 0.296. The molecule has 2 aromatic rings. The molecule has 0 amide bonds. The molecule has 3 rings (SSSR count). The lowest BCUT2D eigenvalue weighted by molar-refractivity contribution is 0.109. The number of fused-ring (bicyclic) bond motifs is 1. The second kappa shape index (κ2) is 5.18. The maximum Gasteiger partial charge on any atom is 0.180 e. The number of nitrogens with two attached hydrogens (primary N) is 1. The van der Waals surface area contributed by atoms with Crippen LogP contribution >= 0.6 is 0 Å². The van der Waals surface area contributed by atoms with E-state index in [0.717, 1.165) is 23.4 Å². The Kier molecular flexibility index (Phi) is 3.37. The van der Waals surface area contributed by atoms with E-state index in [2.05, 4.69) is 34.2 Å². The van der Waals surface area contributed by atoms with E-state index in [1.54, 1.807) is 12.5 Å². The Morgan fingerprint density at radius 2 is 2.25 bits per heavy atom. The number of hydrogen-bond donors (Lipinski definition) is 2. The van der Waals surface area contributed by atoms with E-state index in [9.17, 15) is 0 Å². The molecule has 20 heavy (non-hydrogen) atoms. The molecule has 3 N–H and O–H groups in total. The number of rotatable bonds is 3. The fourth-order valence-electron chi connectivity index (χ4n) is 2.36. The van der Waals surface area contributed by atoms with E-state index >= 15 is 0 Å². The summed E-state index contributed by atoms with van der Waals surface area (Å²) in [7, 11) is 0. The number of nitrogens with one attached hydrogen (secondary N) is 1. The molecule has 106 valence electrons. The summed E-state index contributed by atoms with van der Waals surface area (Å²) in [6.45, 7) is 5.37. The third-order valence-corrected chi connectivity index (χ3v) is 3.41. The van der Waals surface area contributed by atoms with E-state index in [1.165, 1.54) is 0 Å². The molecule has 0 bridgehead atoms. The van der Waals surface area contributed by atoms with E-state index in [-0.39, 0.29) is 0 Å². The van der Waals surface area contributed by atoms with Gasteiger partial charge in [-0.25, -0.2) is 20.8 Å². The summed E-state index contributed by atoms with van der Waals surface area (Å²) in [6.07, 6.45) is 4.35. The van der Waals surface area contributed by atoms with Gasteiger partial charge in [0, 0.05) is 18.0 Å². The van der Waals surface area contributed by atoms with Gasteiger partial charge in [0.1, 0.15) is 11.5 Å². The van der Waals surface area contributed by atoms with Gasteiger partial charge in [0.25, 0.3) is 0 Å². The molecule has 3 heterocycles. The van der Waals surface area contributed by atoms with Crippen molar-refractivity contribution in [1.82, 2.24) is 19.5 Å². The Labute approximate surface area is 117 Å². The van der Waals surface area contributed by atoms with Gasteiger partial charge in [-0.15, -0.1) is 0 Å². The molecular weight excluding hydrogens is 256 g/mol. The van der Waals surface area contributed by atoms with Crippen molar-refractivity contribution in [1.29, 1.82) is 0 Å². The van der Waals surface area contributed by atoms with Crippen LogP contribution in [0.25, 0.3) is 11.5 Å². The maximum atomic E-state index is 5.58. The van der Waals surface area contributed by atoms with Crippen LogP contribution < -0.4 is 11.3 Å². The minimum atomic E-state index is 0.296. The molecule has 7 nitrogen and oxygen atoms in total. The topological polar surface area (TPSA) is 90.9 Å². The lowest BCUT2D eigenvalue weighted by atomic mass is 10.1. The van der Waals surface area contributed by atoms with Crippen LogP contribution in [0.4, 0.5) is 5.82 Å². The quantitative estimate of drug-likeness (QED) is 0.647. The summed E-state index contributed by atoms with van der Waals surface area (Å²) in [5.41, 5.74) is 5.47. The first-order valence-electron chi connectivity index (χ1n) is 6.67. The van der Waals surface area contributed by atoms with Crippen LogP contribution in [0.3, 0.4) is 0 Å². The Morgan fingerprint density at radius 3 is 3.00 bits per heavy atom. The van der Waals surface area contributed by atoms with Gasteiger partial charge in [0.2, 0.25) is 0 Å². The summed E-state index contributed by atoms with van der Waals surface area (Å²) < 4.78 is 7.48. The van der Waals surface area contributed by atoms with E-state index in [0.29, 0.717) is 30.9 Å². The van der Waals surface area contributed by atoms with Crippen LogP contribution in [0.2, 0.25) is 0 Å². The highest BCUT2D eigenvalue weighted by molar-refractivity contribution is 5.56. The second-order valence-corrected chi connectivity index (χ2v) is 5.05. The molecule has 1 aliphatic rings. The van der Waals surface area contributed by atoms with Gasteiger partial charge >= 0.3 is 0 Å². The first kappa shape index (κ1) is 13.0. The molecular formula is C13H18N6O. The first-order valence-corrected chi connectivity index (χ1v) is 6.67. The number of hydrogen-bond acceptors (Lipinski definition) is 6. The number of nitrogen functional groups attached to an aromatic ring is 1. The van der Waals surface area contributed by atoms with Crippen molar-refractivity contribution in [2.75, 3.05) is 12.0 Å². The minimum absolute atomic E-state index is 0.296. The number of imidazole rings is 1. The van der Waals surface area contributed by atoms with Crippen LogP contribution in [0.1, 0.15) is 31.1 Å². The van der Waals surface area contributed by atoms with Gasteiger partial charge in [-0.2, -0.15) is 0 Å². The highest BCUT2D eigenvalue weighted by Crippen LogP contribution is 2.26. The fraction of sp³-hybridized carbons (Fsp3) is 0.462. The molecule has 0 unspecified atom stereocenters.